The van der Waals surface area contributed by atoms with Gasteiger partial charge in [-0.15, -0.1) is 5.10 Å². The van der Waals surface area contributed by atoms with Crippen molar-refractivity contribution in [1.82, 2.24) is 24.8 Å². The monoisotopic (exact) mass is 369 g/mol. The molecule has 27 heavy (non-hydrogen) atoms. The highest BCUT2D eigenvalue weighted by atomic mass is 16.6. The van der Waals surface area contributed by atoms with Gasteiger partial charge in [-0.1, -0.05) is 23.4 Å². The van der Waals surface area contributed by atoms with Crippen molar-refractivity contribution < 1.29 is 14.3 Å². The lowest BCUT2D eigenvalue weighted by Gasteiger charge is -2.33. The van der Waals surface area contributed by atoms with E-state index in [-0.39, 0.29) is 12.0 Å². The zero-order valence-electron chi connectivity index (χ0n) is 15.4. The second-order valence-electron chi connectivity index (χ2n) is 6.82. The second kappa shape index (κ2) is 7.38. The first kappa shape index (κ1) is 17.5. The van der Waals surface area contributed by atoms with E-state index < -0.39 is 0 Å². The third-order valence-corrected chi connectivity index (χ3v) is 4.97. The summed E-state index contributed by atoms with van der Waals surface area (Å²) < 4.78 is 6.82. The number of rotatable bonds is 4. The summed E-state index contributed by atoms with van der Waals surface area (Å²) in [4.78, 5) is 28.3. The first-order valence-corrected chi connectivity index (χ1v) is 9.41. The number of benzene rings is 1. The van der Waals surface area contributed by atoms with Crippen molar-refractivity contribution in [3.05, 3.63) is 41.7 Å². The standard InChI is InChI=1S/C19H23N5O3/c1-2-27-19(26)23-12-10-22(11-13-23)18(25)16-17(14-8-9-14)24(21-20-16)15-6-4-3-5-7-15/h3-7,14H,2,8-13H2,1H3. The highest BCUT2D eigenvalue weighted by Crippen LogP contribution is 2.42. The molecular formula is C19H23N5O3. The molecule has 0 atom stereocenters. The lowest BCUT2D eigenvalue weighted by atomic mass is 10.2. The fraction of sp³-hybridized carbons (Fsp3) is 0.474. The van der Waals surface area contributed by atoms with E-state index in [1.54, 1.807) is 21.4 Å². The average Bonchev–Trinajstić information content (AvgIpc) is 3.46. The Bertz CT molecular complexity index is 823. The molecule has 0 unspecified atom stereocenters. The van der Waals surface area contributed by atoms with Crippen molar-refractivity contribution in [1.29, 1.82) is 0 Å². The molecule has 4 rings (SSSR count). The number of hydrogen-bond acceptors (Lipinski definition) is 5. The molecule has 2 heterocycles. The van der Waals surface area contributed by atoms with E-state index in [1.165, 1.54) is 0 Å². The van der Waals surface area contributed by atoms with Crippen LogP contribution in [0.25, 0.3) is 5.69 Å². The summed E-state index contributed by atoms with van der Waals surface area (Å²) in [6, 6.07) is 9.78. The van der Waals surface area contributed by atoms with Crippen LogP contribution in [0.1, 0.15) is 41.9 Å². The molecule has 2 fully saturated rings. The van der Waals surface area contributed by atoms with Gasteiger partial charge in [0.2, 0.25) is 0 Å². The topological polar surface area (TPSA) is 80.6 Å². The van der Waals surface area contributed by atoms with Crippen LogP contribution in [-0.2, 0) is 4.74 Å². The SMILES string of the molecule is CCOC(=O)N1CCN(C(=O)c2nnn(-c3ccccc3)c2C2CC2)CC1. The van der Waals surface area contributed by atoms with Crippen molar-refractivity contribution in [2.45, 2.75) is 25.7 Å². The molecule has 2 aromatic rings. The van der Waals surface area contributed by atoms with Gasteiger partial charge in [-0.2, -0.15) is 0 Å². The van der Waals surface area contributed by atoms with Gasteiger partial charge < -0.3 is 14.5 Å². The Hall–Kier alpha value is -2.90. The van der Waals surface area contributed by atoms with Gasteiger partial charge in [0, 0.05) is 32.1 Å². The smallest absolute Gasteiger partial charge is 0.409 e. The van der Waals surface area contributed by atoms with Crippen LogP contribution in [0, 0.1) is 0 Å². The zero-order valence-corrected chi connectivity index (χ0v) is 15.4. The number of hydrogen-bond donors (Lipinski definition) is 0. The molecule has 1 aromatic heterocycles. The molecule has 1 aliphatic heterocycles. The minimum Gasteiger partial charge on any atom is -0.450 e. The summed E-state index contributed by atoms with van der Waals surface area (Å²) in [7, 11) is 0. The Balaban J connectivity index is 1.52. The average molecular weight is 369 g/mol. The Morgan fingerprint density at radius 1 is 1.07 bits per heavy atom. The van der Waals surface area contributed by atoms with E-state index in [0.717, 1.165) is 24.2 Å². The number of nitrogens with zero attached hydrogens (tertiary/aromatic N) is 5. The molecule has 0 N–H and O–H groups in total. The summed E-state index contributed by atoms with van der Waals surface area (Å²) in [5.41, 5.74) is 2.25. The van der Waals surface area contributed by atoms with Crippen molar-refractivity contribution in [2.75, 3.05) is 32.8 Å². The first-order valence-electron chi connectivity index (χ1n) is 9.41. The van der Waals surface area contributed by atoms with Gasteiger partial charge in [0.25, 0.3) is 5.91 Å². The highest BCUT2D eigenvalue weighted by molar-refractivity contribution is 5.94. The number of amides is 2. The maximum absolute atomic E-state index is 13.1. The van der Waals surface area contributed by atoms with Crippen molar-refractivity contribution in [3.63, 3.8) is 0 Å². The van der Waals surface area contributed by atoms with Gasteiger partial charge in [-0.25, -0.2) is 9.48 Å². The molecule has 1 saturated heterocycles. The van der Waals surface area contributed by atoms with Gasteiger partial charge in [0.05, 0.1) is 18.0 Å². The summed E-state index contributed by atoms with van der Waals surface area (Å²) in [6.45, 7) is 4.02. The summed E-state index contributed by atoms with van der Waals surface area (Å²) in [5, 5.41) is 8.49. The number of carbonyl (C=O) groups excluding carboxylic acids is 2. The molecule has 0 bridgehead atoms. The van der Waals surface area contributed by atoms with Crippen LogP contribution in [0.5, 0.6) is 0 Å². The molecule has 2 amide bonds. The summed E-state index contributed by atoms with van der Waals surface area (Å²) in [5.74, 6) is 0.225. The Morgan fingerprint density at radius 3 is 2.37 bits per heavy atom. The molecule has 142 valence electrons. The molecule has 8 heteroatoms. The first-order chi connectivity index (χ1) is 13.2. The minimum absolute atomic E-state index is 0.109. The van der Waals surface area contributed by atoms with Crippen molar-refractivity contribution in [3.8, 4) is 5.69 Å². The van der Waals surface area contributed by atoms with E-state index in [1.807, 2.05) is 30.3 Å². The molecule has 1 aliphatic carbocycles. The van der Waals surface area contributed by atoms with Crippen LogP contribution in [0.15, 0.2) is 30.3 Å². The number of carbonyl (C=O) groups is 2. The lowest BCUT2D eigenvalue weighted by Crippen LogP contribution is -2.51. The predicted octanol–water partition coefficient (Wildman–Crippen LogP) is 2.06. The number of aromatic nitrogens is 3. The lowest BCUT2D eigenvalue weighted by molar-refractivity contribution is 0.0565. The highest BCUT2D eigenvalue weighted by Gasteiger charge is 2.36. The molecule has 0 spiro atoms. The number of piperazine rings is 1. The molecule has 1 saturated carbocycles. The quantitative estimate of drug-likeness (QED) is 0.824. The van der Waals surface area contributed by atoms with E-state index in [9.17, 15) is 9.59 Å². The van der Waals surface area contributed by atoms with Crippen LogP contribution in [0.2, 0.25) is 0 Å². The maximum atomic E-state index is 13.1. The van der Waals surface area contributed by atoms with Gasteiger partial charge in [-0.05, 0) is 31.9 Å². The van der Waals surface area contributed by atoms with Crippen LogP contribution in [-0.4, -0.2) is 69.6 Å². The third kappa shape index (κ3) is 3.51. The van der Waals surface area contributed by atoms with E-state index in [0.29, 0.717) is 44.4 Å². The normalized spacial score (nSPS) is 17.1. The van der Waals surface area contributed by atoms with Gasteiger partial charge in [0.15, 0.2) is 5.69 Å². The Kier molecular flexibility index (Phi) is 4.79. The summed E-state index contributed by atoms with van der Waals surface area (Å²) in [6.07, 6.45) is 1.78. The molecule has 2 aliphatic rings. The van der Waals surface area contributed by atoms with Crippen molar-refractivity contribution in [2.24, 2.45) is 0 Å². The molecule has 0 radical (unpaired) electrons. The molecule has 8 nitrogen and oxygen atoms in total. The van der Waals surface area contributed by atoms with E-state index in [2.05, 4.69) is 10.3 Å². The predicted molar refractivity (Wildman–Crippen MR) is 97.8 cm³/mol. The van der Waals surface area contributed by atoms with Crippen LogP contribution >= 0.6 is 0 Å². The van der Waals surface area contributed by atoms with Crippen LogP contribution in [0.4, 0.5) is 4.79 Å². The third-order valence-electron chi connectivity index (χ3n) is 4.97. The molecule has 1 aromatic carbocycles. The fourth-order valence-corrected chi connectivity index (χ4v) is 3.38. The fourth-order valence-electron chi connectivity index (χ4n) is 3.38. The van der Waals surface area contributed by atoms with Gasteiger partial charge in [0.1, 0.15) is 0 Å². The van der Waals surface area contributed by atoms with Crippen LogP contribution in [0.3, 0.4) is 0 Å². The van der Waals surface area contributed by atoms with Gasteiger partial charge >= 0.3 is 6.09 Å². The summed E-state index contributed by atoms with van der Waals surface area (Å²) >= 11 is 0. The molecular weight excluding hydrogens is 346 g/mol. The maximum Gasteiger partial charge on any atom is 0.409 e. The second-order valence-corrected chi connectivity index (χ2v) is 6.82. The number of para-hydroxylation sites is 1. The van der Waals surface area contributed by atoms with E-state index in [4.69, 9.17) is 4.74 Å². The zero-order chi connectivity index (χ0) is 18.8. The van der Waals surface area contributed by atoms with Crippen LogP contribution < -0.4 is 0 Å². The minimum atomic E-state index is -0.321. The largest absolute Gasteiger partial charge is 0.450 e. The van der Waals surface area contributed by atoms with E-state index >= 15 is 0 Å². The Labute approximate surface area is 157 Å². The Morgan fingerprint density at radius 2 is 1.74 bits per heavy atom. The van der Waals surface area contributed by atoms with Gasteiger partial charge in [-0.3, -0.25) is 4.79 Å². The van der Waals surface area contributed by atoms with Crippen molar-refractivity contribution >= 4 is 12.0 Å². The number of ether oxygens (including phenoxy) is 1.